The second-order valence-electron chi connectivity index (χ2n) is 7.15. The topological polar surface area (TPSA) is 87.3 Å². The van der Waals surface area contributed by atoms with E-state index in [-0.39, 0.29) is 35.2 Å². The van der Waals surface area contributed by atoms with E-state index in [1.165, 1.54) is 0 Å². The molecule has 1 heterocycles. The Morgan fingerprint density at radius 2 is 1.92 bits per heavy atom. The first-order valence-electron chi connectivity index (χ1n) is 8.88. The minimum atomic E-state index is -3.73. The van der Waals surface area contributed by atoms with Gasteiger partial charge in [-0.25, -0.2) is 8.42 Å². The lowest BCUT2D eigenvalue weighted by Crippen LogP contribution is -2.49. The van der Waals surface area contributed by atoms with Crippen LogP contribution in [-0.2, 0) is 14.8 Å². The molecule has 6 nitrogen and oxygen atoms in total. The lowest BCUT2D eigenvalue weighted by Gasteiger charge is -2.21. The maximum Gasteiger partial charge on any atom is 0.241 e. The van der Waals surface area contributed by atoms with Crippen molar-refractivity contribution >= 4 is 28.3 Å². The van der Waals surface area contributed by atoms with Crippen molar-refractivity contribution < 1.29 is 13.2 Å². The van der Waals surface area contributed by atoms with E-state index in [1.54, 1.807) is 24.3 Å². The van der Waals surface area contributed by atoms with E-state index in [2.05, 4.69) is 15.4 Å². The molecular weight excluding hydrogens is 374 g/mol. The largest absolute Gasteiger partial charge is 0.353 e. The van der Waals surface area contributed by atoms with Crippen LogP contribution in [0.25, 0.3) is 0 Å². The molecular formula is C18H30ClN3O3S. The summed E-state index contributed by atoms with van der Waals surface area (Å²) in [6.07, 6.45) is 2.59. The summed E-state index contributed by atoms with van der Waals surface area (Å²) in [4.78, 5) is 12.7. The maximum atomic E-state index is 12.6. The zero-order valence-electron chi connectivity index (χ0n) is 15.6. The van der Waals surface area contributed by atoms with Crippen molar-refractivity contribution in [2.75, 3.05) is 13.1 Å². The van der Waals surface area contributed by atoms with Gasteiger partial charge in [-0.2, -0.15) is 4.72 Å². The summed E-state index contributed by atoms with van der Waals surface area (Å²) in [5.74, 6) is -0.0702. The van der Waals surface area contributed by atoms with Crippen LogP contribution < -0.4 is 15.4 Å². The maximum absolute atomic E-state index is 12.6. The van der Waals surface area contributed by atoms with Crippen molar-refractivity contribution in [2.45, 2.75) is 57.0 Å². The number of aryl methyl sites for hydroxylation is 1. The molecule has 2 rings (SSSR count). The van der Waals surface area contributed by atoms with E-state index in [1.807, 2.05) is 20.8 Å². The molecule has 1 amide bonds. The zero-order chi connectivity index (χ0) is 18.4. The quantitative estimate of drug-likeness (QED) is 0.619. The molecule has 0 bridgehead atoms. The fourth-order valence-corrected chi connectivity index (χ4v) is 4.14. The molecule has 2 unspecified atom stereocenters. The first kappa shape index (κ1) is 22.9. The number of hydrogen-bond donors (Lipinski definition) is 3. The van der Waals surface area contributed by atoms with Gasteiger partial charge >= 0.3 is 0 Å². The van der Waals surface area contributed by atoms with E-state index in [4.69, 9.17) is 0 Å². The molecule has 1 aromatic carbocycles. The molecule has 2 atom stereocenters. The summed E-state index contributed by atoms with van der Waals surface area (Å²) < 4.78 is 27.8. The van der Waals surface area contributed by atoms with Gasteiger partial charge in [-0.3, -0.25) is 4.79 Å². The number of carbonyl (C=O) groups excluding carboxylic acids is 1. The van der Waals surface area contributed by atoms with E-state index in [0.717, 1.165) is 24.9 Å². The van der Waals surface area contributed by atoms with Crippen LogP contribution in [0, 0.1) is 12.8 Å². The second kappa shape index (κ2) is 10.3. The average molecular weight is 404 g/mol. The van der Waals surface area contributed by atoms with Gasteiger partial charge in [0, 0.05) is 12.6 Å². The van der Waals surface area contributed by atoms with Crippen molar-refractivity contribution in [3.63, 3.8) is 0 Å². The summed E-state index contributed by atoms with van der Waals surface area (Å²) in [7, 11) is -3.73. The Labute approximate surface area is 163 Å². The lowest BCUT2D eigenvalue weighted by atomic mass is 10.0. The van der Waals surface area contributed by atoms with E-state index in [9.17, 15) is 13.2 Å². The molecule has 1 aliphatic heterocycles. The predicted octanol–water partition coefficient (Wildman–Crippen LogP) is 1.98. The highest BCUT2D eigenvalue weighted by Crippen LogP contribution is 2.13. The fraction of sp³-hybridized carbons (Fsp3) is 0.611. The lowest BCUT2D eigenvalue weighted by molar-refractivity contribution is -0.123. The highest BCUT2D eigenvalue weighted by molar-refractivity contribution is 7.89. The van der Waals surface area contributed by atoms with Crippen LogP contribution in [-0.4, -0.2) is 39.5 Å². The van der Waals surface area contributed by atoms with Crippen molar-refractivity contribution in [3.8, 4) is 0 Å². The second-order valence-corrected chi connectivity index (χ2v) is 8.87. The van der Waals surface area contributed by atoms with Crippen molar-refractivity contribution in [2.24, 2.45) is 5.92 Å². The summed E-state index contributed by atoms with van der Waals surface area (Å²) >= 11 is 0. The van der Waals surface area contributed by atoms with Gasteiger partial charge in [0.2, 0.25) is 15.9 Å². The van der Waals surface area contributed by atoms with E-state index >= 15 is 0 Å². The average Bonchev–Trinajstić information content (AvgIpc) is 3.05. The van der Waals surface area contributed by atoms with Crippen LogP contribution in [0.3, 0.4) is 0 Å². The van der Waals surface area contributed by atoms with Gasteiger partial charge in [0.15, 0.2) is 0 Å². The summed E-state index contributed by atoms with van der Waals surface area (Å²) in [5.41, 5.74) is 0.986. The van der Waals surface area contributed by atoms with Gasteiger partial charge in [-0.05, 0) is 50.8 Å². The number of rotatable bonds is 8. The predicted molar refractivity (Wildman–Crippen MR) is 106 cm³/mol. The Morgan fingerprint density at radius 1 is 1.27 bits per heavy atom. The molecule has 148 valence electrons. The SMILES string of the molecule is Cc1ccc(S(=O)(=O)NC(CC(C)C)C(=O)NCC2CCCN2)cc1.Cl. The number of carbonyl (C=O) groups is 1. The van der Waals surface area contributed by atoms with Crippen LogP contribution >= 0.6 is 12.4 Å². The Hall–Kier alpha value is -1.15. The van der Waals surface area contributed by atoms with Gasteiger partial charge in [0.25, 0.3) is 0 Å². The fourth-order valence-electron chi connectivity index (χ4n) is 2.93. The third kappa shape index (κ3) is 6.87. The number of halogens is 1. The molecule has 1 aliphatic rings. The minimum Gasteiger partial charge on any atom is -0.353 e. The molecule has 1 fully saturated rings. The normalized spacial score (nSPS) is 18.4. The first-order chi connectivity index (χ1) is 11.8. The Morgan fingerprint density at radius 3 is 2.46 bits per heavy atom. The highest BCUT2D eigenvalue weighted by atomic mass is 35.5. The molecule has 0 spiro atoms. The minimum absolute atomic E-state index is 0. The molecule has 26 heavy (non-hydrogen) atoms. The van der Waals surface area contributed by atoms with Crippen LogP contribution in [0.1, 0.15) is 38.7 Å². The van der Waals surface area contributed by atoms with E-state index in [0.29, 0.717) is 13.0 Å². The Balaban J connectivity index is 0.00000338. The van der Waals surface area contributed by atoms with Gasteiger partial charge in [0.05, 0.1) is 4.90 Å². The summed E-state index contributed by atoms with van der Waals surface area (Å²) in [6.45, 7) is 7.34. The highest BCUT2D eigenvalue weighted by Gasteiger charge is 2.27. The van der Waals surface area contributed by atoms with Crippen LogP contribution in [0.4, 0.5) is 0 Å². The molecule has 8 heteroatoms. The van der Waals surface area contributed by atoms with Gasteiger partial charge in [-0.15, -0.1) is 12.4 Å². The van der Waals surface area contributed by atoms with Gasteiger partial charge in [-0.1, -0.05) is 31.5 Å². The smallest absolute Gasteiger partial charge is 0.241 e. The molecule has 0 saturated carbocycles. The van der Waals surface area contributed by atoms with Crippen LogP contribution in [0.5, 0.6) is 0 Å². The number of hydrogen-bond acceptors (Lipinski definition) is 4. The Kier molecular flexibility index (Phi) is 9.03. The third-order valence-corrected chi connectivity index (χ3v) is 5.82. The summed E-state index contributed by atoms with van der Waals surface area (Å²) in [6, 6.07) is 6.12. The molecule has 0 aromatic heterocycles. The number of amides is 1. The van der Waals surface area contributed by atoms with Gasteiger partial charge < -0.3 is 10.6 Å². The number of nitrogens with one attached hydrogen (secondary N) is 3. The molecule has 1 saturated heterocycles. The standard InChI is InChI=1S/C18H29N3O3S.ClH/c1-13(2)11-17(18(22)20-12-15-5-4-10-19-15)21-25(23,24)16-8-6-14(3)7-9-16;/h6-9,13,15,17,19,21H,4-5,10-12H2,1-3H3,(H,20,22);1H. The van der Waals surface area contributed by atoms with Crippen molar-refractivity contribution in [1.82, 2.24) is 15.4 Å². The third-order valence-electron chi connectivity index (χ3n) is 4.34. The Bertz CT molecular complexity index is 671. The molecule has 0 aliphatic carbocycles. The zero-order valence-corrected chi connectivity index (χ0v) is 17.3. The van der Waals surface area contributed by atoms with Crippen LogP contribution in [0.15, 0.2) is 29.2 Å². The number of benzene rings is 1. The monoisotopic (exact) mass is 403 g/mol. The first-order valence-corrected chi connectivity index (χ1v) is 10.4. The van der Waals surface area contributed by atoms with Crippen molar-refractivity contribution in [3.05, 3.63) is 29.8 Å². The van der Waals surface area contributed by atoms with Crippen molar-refractivity contribution in [1.29, 1.82) is 0 Å². The molecule has 3 N–H and O–H groups in total. The molecule has 0 radical (unpaired) electrons. The van der Waals surface area contributed by atoms with Gasteiger partial charge in [0.1, 0.15) is 6.04 Å². The van der Waals surface area contributed by atoms with E-state index < -0.39 is 16.1 Å². The van der Waals surface area contributed by atoms with Crippen LogP contribution in [0.2, 0.25) is 0 Å². The molecule has 1 aromatic rings. The number of sulfonamides is 1. The summed E-state index contributed by atoms with van der Waals surface area (Å²) in [5, 5.41) is 6.20.